The van der Waals surface area contributed by atoms with Crippen molar-refractivity contribution in [2.45, 2.75) is 19.5 Å². The maximum Gasteiger partial charge on any atom is 0.123 e. The molecule has 1 aromatic carbocycles. The summed E-state index contributed by atoms with van der Waals surface area (Å²) in [4.78, 5) is 0. The first kappa shape index (κ1) is 13.3. The first-order valence-corrected chi connectivity index (χ1v) is 6.15. The van der Waals surface area contributed by atoms with Gasteiger partial charge >= 0.3 is 0 Å². The zero-order valence-corrected chi connectivity index (χ0v) is 11.0. The van der Waals surface area contributed by atoms with Crippen molar-refractivity contribution in [2.75, 3.05) is 7.05 Å². The lowest BCUT2D eigenvalue weighted by Gasteiger charge is -2.08. The molecule has 3 nitrogen and oxygen atoms in total. The van der Waals surface area contributed by atoms with Crippen molar-refractivity contribution in [3.63, 3.8) is 0 Å². The molecule has 4 heteroatoms. The summed E-state index contributed by atoms with van der Waals surface area (Å²) in [5.74, 6) is -0.315. The Morgan fingerprint density at radius 3 is 2.89 bits per heavy atom. The van der Waals surface area contributed by atoms with Crippen molar-refractivity contribution in [3.8, 4) is 6.07 Å². The van der Waals surface area contributed by atoms with Gasteiger partial charge in [-0.2, -0.15) is 5.26 Å². The molecule has 0 radical (unpaired) electrons. The average molecular weight is 257 g/mol. The molecule has 0 fully saturated rings. The molecule has 0 bridgehead atoms. The number of benzene rings is 1. The van der Waals surface area contributed by atoms with Gasteiger partial charge in [-0.1, -0.05) is 0 Å². The minimum absolute atomic E-state index is 0.268. The van der Waals surface area contributed by atoms with Crippen LogP contribution in [-0.2, 0) is 6.54 Å². The fraction of sp³-hybridized carbons (Fsp3) is 0.267. The van der Waals surface area contributed by atoms with Gasteiger partial charge < -0.3 is 9.88 Å². The van der Waals surface area contributed by atoms with E-state index in [-0.39, 0.29) is 11.9 Å². The highest BCUT2D eigenvalue weighted by molar-refractivity contribution is 5.38. The van der Waals surface area contributed by atoms with Crippen LogP contribution in [0.2, 0.25) is 0 Å². The van der Waals surface area contributed by atoms with E-state index in [2.05, 4.69) is 18.3 Å². The van der Waals surface area contributed by atoms with Gasteiger partial charge in [-0.15, -0.1) is 0 Å². The van der Waals surface area contributed by atoms with Gasteiger partial charge in [0.15, 0.2) is 0 Å². The van der Waals surface area contributed by atoms with Crippen LogP contribution in [0.4, 0.5) is 4.39 Å². The molecule has 1 unspecified atom stereocenters. The van der Waals surface area contributed by atoms with E-state index in [1.54, 1.807) is 0 Å². The highest BCUT2D eigenvalue weighted by Crippen LogP contribution is 2.16. The molecule has 0 saturated heterocycles. The second kappa shape index (κ2) is 5.68. The molecule has 1 heterocycles. The van der Waals surface area contributed by atoms with Gasteiger partial charge in [-0.05, 0) is 49.4 Å². The molecule has 1 N–H and O–H groups in total. The Hall–Kier alpha value is -2.12. The van der Waals surface area contributed by atoms with Crippen molar-refractivity contribution in [1.29, 1.82) is 5.26 Å². The normalized spacial score (nSPS) is 12.1. The van der Waals surface area contributed by atoms with E-state index in [4.69, 9.17) is 5.26 Å². The molecule has 1 atom stereocenters. The fourth-order valence-corrected chi connectivity index (χ4v) is 1.98. The van der Waals surface area contributed by atoms with E-state index in [0.717, 1.165) is 5.56 Å². The van der Waals surface area contributed by atoms with Gasteiger partial charge in [0.1, 0.15) is 5.82 Å². The van der Waals surface area contributed by atoms with Crippen molar-refractivity contribution >= 4 is 0 Å². The smallest absolute Gasteiger partial charge is 0.123 e. The Balaban J connectivity index is 2.24. The van der Waals surface area contributed by atoms with Crippen molar-refractivity contribution < 1.29 is 4.39 Å². The summed E-state index contributed by atoms with van der Waals surface area (Å²) in [6, 6.07) is 8.63. The van der Waals surface area contributed by atoms with Crippen molar-refractivity contribution in [2.24, 2.45) is 0 Å². The zero-order valence-electron chi connectivity index (χ0n) is 11.0. The molecule has 0 aliphatic carbocycles. The summed E-state index contributed by atoms with van der Waals surface area (Å²) in [5, 5.41) is 12.2. The van der Waals surface area contributed by atoms with Crippen LogP contribution >= 0.6 is 0 Å². The molecule has 19 heavy (non-hydrogen) atoms. The number of hydrogen-bond donors (Lipinski definition) is 1. The SMILES string of the molecule is CNC(C)c1ccn(Cc2cc(F)ccc2C#N)c1. The first-order chi connectivity index (χ1) is 9.13. The van der Waals surface area contributed by atoms with Gasteiger partial charge in [0.2, 0.25) is 0 Å². The molecule has 98 valence electrons. The minimum Gasteiger partial charge on any atom is -0.350 e. The summed E-state index contributed by atoms with van der Waals surface area (Å²) >= 11 is 0. The lowest BCUT2D eigenvalue weighted by molar-refractivity contribution is 0.622. The van der Waals surface area contributed by atoms with Crippen LogP contribution in [0.3, 0.4) is 0 Å². The lowest BCUT2D eigenvalue weighted by atomic mass is 10.1. The third-order valence-corrected chi connectivity index (χ3v) is 3.25. The van der Waals surface area contributed by atoms with Crippen molar-refractivity contribution in [1.82, 2.24) is 9.88 Å². The van der Waals surface area contributed by atoms with Gasteiger partial charge in [0.05, 0.1) is 11.6 Å². The van der Waals surface area contributed by atoms with Gasteiger partial charge in [0.25, 0.3) is 0 Å². The van der Waals surface area contributed by atoms with E-state index in [1.165, 1.54) is 18.2 Å². The molecule has 0 aliphatic heterocycles. The molecule has 0 saturated carbocycles. The quantitative estimate of drug-likeness (QED) is 0.915. The van der Waals surface area contributed by atoms with Gasteiger partial charge in [-0.25, -0.2) is 4.39 Å². The zero-order chi connectivity index (χ0) is 13.8. The van der Waals surface area contributed by atoms with E-state index in [9.17, 15) is 4.39 Å². The summed E-state index contributed by atoms with van der Waals surface area (Å²) < 4.78 is 15.2. The van der Waals surface area contributed by atoms with Crippen LogP contribution in [0.5, 0.6) is 0 Å². The maximum atomic E-state index is 13.2. The second-order valence-corrected chi connectivity index (χ2v) is 4.54. The molecule has 0 amide bonds. The Labute approximate surface area is 112 Å². The van der Waals surface area contributed by atoms with E-state index >= 15 is 0 Å². The number of halogens is 1. The standard InChI is InChI=1S/C15H16FN3/c1-11(18-2)13-5-6-19(9-13)10-14-7-15(16)4-3-12(14)8-17/h3-7,9,11,18H,10H2,1-2H3. The predicted octanol–water partition coefficient (Wildman–Crippen LogP) is 2.83. The van der Waals surface area contributed by atoms with Crippen LogP contribution < -0.4 is 5.32 Å². The number of rotatable bonds is 4. The van der Waals surface area contributed by atoms with Crippen LogP contribution in [0.1, 0.15) is 29.7 Å². The van der Waals surface area contributed by atoms with Crippen LogP contribution in [-0.4, -0.2) is 11.6 Å². The second-order valence-electron chi connectivity index (χ2n) is 4.54. The van der Waals surface area contributed by atoms with E-state index in [0.29, 0.717) is 17.7 Å². The summed E-state index contributed by atoms with van der Waals surface area (Å²) in [5.41, 5.74) is 2.37. The third-order valence-electron chi connectivity index (χ3n) is 3.25. The number of nitrogens with one attached hydrogen (secondary N) is 1. The molecule has 0 spiro atoms. The molecular formula is C15H16FN3. The Kier molecular flexibility index (Phi) is 3.98. The van der Waals surface area contributed by atoms with E-state index < -0.39 is 0 Å². The molecule has 2 rings (SSSR count). The molecule has 0 aliphatic rings. The Morgan fingerprint density at radius 2 is 2.21 bits per heavy atom. The monoisotopic (exact) mass is 257 g/mol. The summed E-state index contributed by atoms with van der Waals surface area (Å²) in [6.45, 7) is 2.57. The Morgan fingerprint density at radius 1 is 1.42 bits per heavy atom. The predicted molar refractivity (Wildman–Crippen MR) is 72.1 cm³/mol. The highest BCUT2D eigenvalue weighted by Gasteiger charge is 2.07. The molecule has 2 aromatic rings. The number of nitrogens with zero attached hydrogens (tertiary/aromatic N) is 2. The van der Waals surface area contributed by atoms with E-state index in [1.807, 2.05) is 30.1 Å². The molecule has 1 aromatic heterocycles. The number of aromatic nitrogens is 1. The third kappa shape index (κ3) is 3.01. The highest BCUT2D eigenvalue weighted by atomic mass is 19.1. The summed E-state index contributed by atoms with van der Waals surface area (Å²) in [6.07, 6.45) is 3.95. The first-order valence-electron chi connectivity index (χ1n) is 6.15. The minimum atomic E-state index is -0.315. The van der Waals surface area contributed by atoms with Crippen molar-refractivity contribution in [3.05, 3.63) is 59.2 Å². The molecular weight excluding hydrogens is 241 g/mol. The number of nitriles is 1. The average Bonchev–Trinajstić information content (AvgIpc) is 2.86. The van der Waals surface area contributed by atoms with Crippen LogP contribution in [0.25, 0.3) is 0 Å². The summed E-state index contributed by atoms with van der Waals surface area (Å²) in [7, 11) is 1.91. The topological polar surface area (TPSA) is 40.8 Å². The number of hydrogen-bond acceptors (Lipinski definition) is 2. The van der Waals surface area contributed by atoms with Crippen LogP contribution in [0.15, 0.2) is 36.7 Å². The van der Waals surface area contributed by atoms with Gasteiger partial charge in [0, 0.05) is 25.0 Å². The van der Waals surface area contributed by atoms with Gasteiger partial charge in [-0.3, -0.25) is 0 Å². The maximum absolute atomic E-state index is 13.2. The van der Waals surface area contributed by atoms with Crippen LogP contribution in [0, 0.1) is 17.1 Å². The Bertz CT molecular complexity index is 610. The fourth-order valence-electron chi connectivity index (χ4n) is 1.98. The lowest BCUT2D eigenvalue weighted by Crippen LogP contribution is -2.11. The largest absolute Gasteiger partial charge is 0.350 e.